The van der Waals surface area contributed by atoms with Gasteiger partial charge in [0, 0.05) is 0 Å². The highest BCUT2D eigenvalue weighted by Gasteiger charge is 2.17. The average molecular weight is 279 g/mol. The van der Waals surface area contributed by atoms with Gasteiger partial charge in [0.1, 0.15) is 0 Å². The van der Waals surface area contributed by atoms with Gasteiger partial charge in [-0.25, -0.2) is 0 Å². The molecule has 0 aliphatic heterocycles. The Labute approximate surface area is 128 Å². The van der Waals surface area contributed by atoms with Crippen LogP contribution < -0.4 is 5.32 Å². The third-order valence-corrected chi connectivity index (χ3v) is 4.55. The van der Waals surface area contributed by atoms with Crippen LogP contribution in [0.4, 0.5) is 0 Å². The molecule has 2 aromatic rings. The largest absolute Gasteiger partial charge is 0.316 e. The maximum absolute atomic E-state index is 3.65. The topological polar surface area (TPSA) is 12.0 Å². The fraction of sp³-hybridized carbons (Fsp3) is 0.400. The number of hydrogen-bond acceptors (Lipinski definition) is 1. The molecule has 1 aliphatic rings. The predicted octanol–water partition coefficient (Wildman–Crippen LogP) is 3.93. The fourth-order valence-electron chi connectivity index (χ4n) is 3.35. The van der Waals surface area contributed by atoms with E-state index in [9.17, 15) is 0 Å². The molecule has 1 heteroatoms. The third-order valence-electron chi connectivity index (χ3n) is 4.55. The highest BCUT2D eigenvalue weighted by atomic mass is 14.9. The molecule has 0 fully saturated rings. The molecule has 1 nitrogen and oxygen atoms in total. The van der Waals surface area contributed by atoms with Crippen LogP contribution in [-0.4, -0.2) is 13.1 Å². The Morgan fingerprint density at radius 1 is 1.05 bits per heavy atom. The van der Waals surface area contributed by atoms with Gasteiger partial charge >= 0.3 is 0 Å². The first kappa shape index (κ1) is 14.3. The molecule has 1 aliphatic carbocycles. The van der Waals surface area contributed by atoms with Crippen LogP contribution in [0.2, 0.25) is 0 Å². The number of benzene rings is 2. The van der Waals surface area contributed by atoms with Crippen molar-refractivity contribution in [3.8, 4) is 0 Å². The Morgan fingerprint density at radius 2 is 1.90 bits per heavy atom. The second-order valence-corrected chi connectivity index (χ2v) is 6.32. The van der Waals surface area contributed by atoms with Gasteiger partial charge in [-0.2, -0.15) is 0 Å². The lowest BCUT2D eigenvalue weighted by molar-refractivity contribution is 0.426. The van der Waals surface area contributed by atoms with E-state index in [4.69, 9.17) is 0 Å². The summed E-state index contributed by atoms with van der Waals surface area (Å²) in [4.78, 5) is 0. The molecule has 110 valence electrons. The van der Waals surface area contributed by atoms with E-state index in [0.717, 1.165) is 25.4 Å². The van der Waals surface area contributed by atoms with Crippen molar-refractivity contribution in [1.29, 1.82) is 0 Å². The van der Waals surface area contributed by atoms with E-state index in [2.05, 4.69) is 60.8 Å². The van der Waals surface area contributed by atoms with E-state index >= 15 is 0 Å². The first-order valence-corrected chi connectivity index (χ1v) is 8.14. The van der Waals surface area contributed by atoms with E-state index in [-0.39, 0.29) is 0 Å². The van der Waals surface area contributed by atoms with Gasteiger partial charge in [0.05, 0.1) is 0 Å². The lowest BCUT2D eigenvalue weighted by atomic mass is 9.84. The lowest BCUT2D eigenvalue weighted by Gasteiger charge is -2.24. The van der Waals surface area contributed by atoms with Crippen molar-refractivity contribution >= 4 is 0 Å². The van der Waals surface area contributed by atoms with Crippen molar-refractivity contribution in [1.82, 2.24) is 5.32 Å². The molecule has 1 N–H and O–H groups in total. The minimum absolute atomic E-state index is 0.803. The molecule has 0 spiro atoms. The van der Waals surface area contributed by atoms with Crippen LogP contribution in [-0.2, 0) is 19.3 Å². The van der Waals surface area contributed by atoms with Crippen LogP contribution >= 0.6 is 0 Å². The highest BCUT2D eigenvalue weighted by Crippen LogP contribution is 2.24. The molecular weight excluding hydrogens is 254 g/mol. The van der Waals surface area contributed by atoms with E-state index in [1.54, 1.807) is 11.1 Å². The van der Waals surface area contributed by atoms with E-state index in [1.807, 2.05) is 0 Å². The molecule has 21 heavy (non-hydrogen) atoms. The Kier molecular flexibility index (Phi) is 4.72. The second-order valence-electron chi connectivity index (χ2n) is 6.32. The second kappa shape index (κ2) is 6.91. The van der Waals surface area contributed by atoms with Crippen LogP contribution in [0.15, 0.2) is 48.5 Å². The zero-order chi connectivity index (χ0) is 14.5. The summed E-state index contributed by atoms with van der Waals surface area (Å²) in [6.45, 7) is 4.40. The van der Waals surface area contributed by atoms with Gasteiger partial charge in [-0.1, -0.05) is 54.1 Å². The summed E-state index contributed by atoms with van der Waals surface area (Å²) in [7, 11) is 0. The maximum Gasteiger partial charge on any atom is -0.000823 e. The van der Waals surface area contributed by atoms with E-state index in [1.165, 1.54) is 30.4 Å². The van der Waals surface area contributed by atoms with E-state index in [0.29, 0.717) is 0 Å². The minimum Gasteiger partial charge on any atom is -0.316 e. The maximum atomic E-state index is 3.65. The summed E-state index contributed by atoms with van der Waals surface area (Å²) < 4.78 is 0. The molecule has 0 bridgehead atoms. The summed E-state index contributed by atoms with van der Waals surface area (Å²) >= 11 is 0. The molecule has 1 unspecified atom stereocenters. The smallest absolute Gasteiger partial charge is 0.000823 e. The summed E-state index contributed by atoms with van der Waals surface area (Å²) in [5.41, 5.74) is 5.93. The van der Waals surface area contributed by atoms with Crippen LogP contribution in [0.5, 0.6) is 0 Å². The van der Waals surface area contributed by atoms with E-state index < -0.39 is 0 Å². The quantitative estimate of drug-likeness (QED) is 0.818. The average Bonchev–Trinajstić information content (AvgIpc) is 2.51. The van der Waals surface area contributed by atoms with Crippen LogP contribution in [0, 0.1) is 12.8 Å². The molecule has 1 atom stereocenters. The van der Waals surface area contributed by atoms with Crippen molar-refractivity contribution in [2.24, 2.45) is 5.92 Å². The first-order chi connectivity index (χ1) is 10.3. The zero-order valence-electron chi connectivity index (χ0n) is 12.9. The molecule has 0 saturated carbocycles. The normalized spacial score (nSPS) is 17.5. The molecular formula is C20H25N. The van der Waals surface area contributed by atoms with Crippen molar-refractivity contribution in [2.45, 2.75) is 32.6 Å². The van der Waals surface area contributed by atoms with Crippen molar-refractivity contribution < 1.29 is 0 Å². The van der Waals surface area contributed by atoms with Crippen molar-refractivity contribution in [3.63, 3.8) is 0 Å². The van der Waals surface area contributed by atoms with Gasteiger partial charge in [0.25, 0.3) is 0 Å². The summed E-state index contributed by atoms with van der Waals surface area (Å²) in [6.07, 6.45) is 4.95. The fourth-order valence-corrected chi connectivity index (χ4v) is 3.35. The molecule has 0 aromatic heterocycles. The van der Waals surface area contributed by atoms with Gasteiger partial charge in [-0.15, -0.1) is 0 Å². The highest BCUT2D eigenvalue weighted by molar-refractivity contribution is 5.29. The Bertz CT molecular complexity index is 588. The number of rotatable bonds is 5. The molecule has 0 radical (unpaired) electrons. The van der Waals surface area contributed by atoms with Gasteiger partial charge in [-0.3, -0.25) is 0 Å². The van der Waals surface area contributed by atoms with Crippen LogP contribution in [0.3, 0.4) is 0 Å². The van der Waals surface area contributed by atoms with Gasteiger partial charge in [0.2, 0.25) is 0 Å². The van der Waals surface area contributed by atoms with Crippen LogP contribution in [0.1, 0.15) is 28.7 Å². The van der Waals surface area contributed by atoms with Crippen LogP contribution in [0.25, 0.3) is 0 Å². The standard InChI is InChI=1S/C20H25N/c1-16-5-4-6-17(13-16)11-12-21-15-18-9-10-19-7-2-3-8-20(19)14-18/h2-8,13,18,21H,9-12,14-15H2,1H3. The van der Waals surface area contributed by atoms with Crippen molar-refractivity contribution in [3.05, 3.63) is 70.8 Å². The van der Waals surface area contributed by atoms with Gasteiger partial charge in [0.15, 0.2) is 0 Å². The number of aryl methyl sites for hydroxylation is 2. The monoisotopic (exact) mass is 279 g/mol. The Hall–Kier alpha value is -1.60. The van der Waals surface area contributed by atoms with Gasteiger partial charge in [-0.05, 0) is 68.3 Å². The predicted molar refractivity (Wildman–Crippen MR) is 89.7 cm³/mol. The SMILES string of the molecule is Cc1cccc(CCNCC2CCc3ccccc3C2)c1. The first-order valence-electron chi connectivity index (χ1n) is 8.14. The molecule has 0 amide bonds. The molecule has 2 aromatic carbocycles. The number of nitrogens with one attached hydrogen (secondary N) is 1. The molecule has 3 rings (SSSR count). The summed E-state index contributed by atoms with van der Waals surface area (Å²) in [6, 6.07) is 17.8. The molecule has 0 saturated heterocycles. The summed E-state index contributed by atoms with van der Waals surface area (Å²) in [5, 5.41) is 3.65. The number of fused-ring (bicyclic) bond motifs is 1. The lowest BCUT2D eigenvalue weighted by Crippen LogP contribution is -2.28. The minimum atomic E-state index is 0.803. The Morgan fingerprint density at radius 3 is 2.76 bits per heavy atom. The van der Waals surface area contributed by atoms with Gasteiger partial charge < -0.3 is 5.32 Å². The zero-order valence-corrected chi connectivity index (χ0v) is 12.9. The third kappa shape index (κ3) is 3.95. The molecule has 0 heterocycles. The Balaban J connectivity index is 1.43. The van der Waals surface area contributed by atoms with Crippen molar-refractivity contribution in [2.75, 3.05) is 13.1 Å². The summed E-state index contributed by atoms with van der Waals surface area (Å²) in [5.74, 6) is 0.803. The number of hydrogen-bond donors (Lipinski definition) is 1.